The highest BCUT2D eigenvalue weighted by Crippen LogP contribution is 2.29. The first-order chi connectivity index (χ1) is 8.06. The number of hydrogen-bond acceptors (Lipinski definition) is 3. The lowest BCUT2D eigenvalue weighted by Crippen LogP contribution is -1.91. The molecule has 17 heavy (non-hydrogen) atoms. The number of thiazole rings is 1. The fourth-order valence-electron chi connectivity index (χ4n) is 1.57. The number of nitrogen functional groups attached to an aromatic ring is 1. The van der Waals surface area contributed by atoms with E-state index in [-0.39, 0.29) is 11.5 Å². The first-order valence-electron chi connectivity index (χ1n) is 5.56. The third-order valence-electron chi connectivity index (χ3n) is 2.42. The molecule has 0 amide bonds. The Bertz CT molecular complexity index is 520. The molecule has 0 radical (unpaired) electrons. The highest BCUT2D eigenvalue weighted by molar-refractivity contribution is 7.15. The lowest BCUT2D eigenvalue weighted by atomic mass is 10.1. The van der Waals surface area contributed by atoms with Crippen LogP contribution in [0, 0.1) is 11.7 Å². The molecule has 0 aliphatic rings. The maximum absolute atomic E-state index is 13.3. The highest BCUT2D eigenvalue weighted by atomic mass is 32.1. The van der Waals surface area contributed by atoms with E-state index in [2.05, 4.69) is 18.8 Å². The van der Waals surface area contributed by atoms with Gasteiger partial charge in [0.25, 0.3) is 0 Å². The zero-order chi connectivity index (χ0) is 12.4. The minimum absolute atomic E-state index is 0.181. The number of halogens is 1. The van der Waals surface area contributed by atoms with Crippen LogP contribution in [0.4, 0.5) is 10.1 Å². The Morgan fingerprint density at radius 2 is 2.18 bits per heavy atom. The van der Waals surface area contributed by atoms with E-state index in [1.807, 2.05) is 6.07 Å². The van der Waals surface area contributed by atoms with E-state index in [9.17, 15) is 4.39 Å². The van der Waals surface area contributed by atoms with Crippen molar-refractivity contribution in [2.45, 2.75) is 20.3 Å². The van der Waals surface area contributed by atoms with E-state index in [0.717, 1.165) is 21.9 Å². The summed E-state index contributed by atoms with van der Waals surface area (Å²) < 4.78 is 13.3. The van der Waals surface area contributed by atoms with E-state index in [1.54, 1.807) is 23.6 Å². The zero-order valence-electron chi connectivity index (χ0n) is 9.90. The Labute approximate surface area is 104 Å². The SMILES string of the molecule is CC(C)Cc1ncc(-c2ccc(N)c(F)c2)s1. The number of benzene rings is 1. The van der Waals surface area contributed by atoms with Gasteiger partial charge >= 0.3 is 0 Å². The minimum Gasteiger partial charge on any atom is -0.396 e. The fraction of sp³-hybridized carbons (Fsp3) is 0.308. The number of aromatic nitrogens is 1. The predicted octanol–water partition coefficient (Wildman–Crippen LogP) is 3.73. The van der Waals surface area contributed by atoms with Gasteiger partial charge in [-0.1, -0.05) is 19.9 Å². The number of nitrogens with zero attached hydrogens (tertiary/aromatic N) is 1. The van der Waals surface area contributed by atoms with Crippen molar-refractivity contribution in [2.75, 3.05) is 5.73 Å². The van der Waals surface area contributed by atoms with Gasteiger partial charge in [0.1, 0.15) is 5.82 Å². The Morgan fingerprint density at radius 1 is 1.41 bits per heavy atom. The Morgan fingerprint density at radius 3 is 2.82 bits per heavy atom. The molecule has 90 valence electrons. The van der Waals surface area contributed by atoms with Crippen LogP contribution in [0.2, 0.25) is 0 Å². The number of hydrogen-bond donors (Lipinski definition) is 1. The maximum Gasteiger partial charge on any atom is 0.146 e. The summed E-state index contributed by atoms with van der Waals surface area (Å²) in [6.45, 7) is 4.31. The third-order valence-corrected chi connectivity index (χ3v) is 3.49. The molecule has 1 aromatic heterocycles. The lowest BCUT2D eigenvalue weighted by Gasteiger charge is -2.00. The molecule has 2 nitrogen and oxygen atoms in total. The molecular weight excluding hydrogens is 235 g/mol. The van der Waals surface area contributed by atoms with Crippen molar-refractivity contribution in [1.29, 1.82) is 0 Å². The first-order valence-corrected chi connectivity index (χ1v) is 6.38. The summed E-state index contributed by atoms with van der Waals surface area (Å²) in [5.41, 5.74) is 6.47. The monoisotopic (exact) mass is 250 g/mol. The van der Waals surface area contributed by atoms with Crippen LogP contribution < -0.4 is 5.73 Å². The van der Waals surface area contributed by atoms with Crippen molar-refractivity contribution in [3.05, 3.63) is 35.2 Å². The summed E-state index contributed by atoms with van der Waals surface area (Å²) in [6.07, 6.45) is 2.76. The van der Waals surface area contributed by atoms with Gasteiger partial charge in [-0.05, 0) is 23.6 Å². The van der Waals surface area contributed by atoms with Gasteiger partial charge in [-0.3, -0.25) is 0 Å². The second-order valence-corrected chi connectivity index (χ2v) is 5.57. The van der Waals surface area contributed by atoms with Gasteiger partial charge in [-0.2, -0.15) is 0 Å². The normalized spacial score (nSPS) is 11.1. The summed E-state index contributed by atoms with van der Waals surface area (Å²) in [6, 6.07) is 4.87. The molecule has 4 heteroatoms. The predicted molar refractivity (Wildman–Crippen MR) is 70.5 cm³/mol. The number of rotatable bonds is 3. The summed E-state index contributed by atoms with van der Waals surface area (Å²) in [5.74, 6) is 0.207. The molecule has 2 N–H and O–H groups in total. The molecule has 0 atom stereocenters. The molecule has 0 unspecified atom stereocenters. The molecule has 0 bridgehead atoms. The van der Waals surface area contributed by atoms with E-state index in [1.165, 1.54) is 6.07 Å². The molecule has 0 aliphatic heterocycles. The largest absolute Gasteiger partial charge is 0.396 e. The second-order valence-electron chi connectivity index (χ2n) is 4.45. The quantitative estimate of drug-likeness (QED) is 0.843. The molecule has 1 aromatic carbocycles. The van der Waals surface area contributed by atoms with Crippen LogP contribution in [0.5, 0.6) is 0 Å². The Balaban J connectivity index is 2.27. The van der Waals surface area contributed by atoms with Crippen molar-refractivity contribution in [3.8, 4) is 10.4 Å². The number of nitrogens with two attached hydrogens (primary N) is 1. The van der Waals surface area contributed by atoms with Gasteiger partial charge in [0.2, 0.25) is 0 Å². The second kappa shape index (κ2) is 4.84. The maximum atomic E-state index is 13.3. The summed E-state index contributed by atoms with van der Waals surface area (Å²) in [5, 5.41) is 1.09. The summed E-state index contributed by atoms with van der Waals surface area (Å²) >= 11 is 1.61. The zero-order valence-corrected chi connectivity index (χ0v) is 10.7. The minimum atomic E-state index is -0.374. The van der Waals surface area contributed by atoms with Crippen LogP contribution in [0.1, 0.15) is 18.9 Å². The lowest BCUT2D eigenvalue weighted by molar-refractivity contribution is 0.633. The molecule has 2 aromatic rings. The number of anilines is 1. The molecule has 1 heterocycles. The smallest absolute Gasteiger partial charge is 0.146 e. The van der Waals surface area contributed by atoms with Gasteiger partial charge in [0.05, 0.1) is 15.6 Å². The Hall–Kier alpha value is -1.42. The molecule has 0 spiro atoms. The van der Waals surface area contributed by atoms with Gasteiger partial charge in [0, 0.05) is 12.6 Å². The third kappa shape index (κ3) is 2.82. The van der Waals surface area contributed by atoms with Crippen molar-refractivity contribution >= 4 is 17.0 Å². The summed E-state index contributed by atoms with van der Waals surface area (Å²) in [7, 11) is 0. The molecule has 0 saturated carbocycles. The molecule has 0 aliphatic carbocycles. The van der Waals surface area contributed by atoms with E-state index >= 15 is 0 Å². The van der Waals surface area contributed by atoms with Crippen LogP contribution in [-0.4, -0.2) is 4.98 Å². The average molecular weight is 250 g/mol. The fourth-order valence-corrected chi connectivity index (χ4v) is 2.69. The van der Waals surface area contributed by atoms with Crippen molar-refractivity contribution < 1.29 is 4.39 Å². The van der Waals surface area contributed by atoms with Crippen LogP contribution >= 0.6 is 11.3 Å². The highest BCUT2D eigenvalue weighted by Gasteiger charge is 2.08. The molecule has 2 rings (SSSR count). The van der Waals surface area contributed by atoms with E-state index < -0.39 is 0 Å². The summed E-state index contributed by atoms with van der Waals surface area (Å²) in [4.78, 5) is 5.34. The van der Waals surface area contributed by atoms with Gasteiger partial charge in [0.15, 0.2) is 0 Å². The average Bonchev–Trinajstić information content (AvgIpc) is 2.69. The van der Waals surface area contributed by atoms with E-state index in [0.29, 0.717) is 5.92 Å². The molecule has 0 fully saturated rings. The van der Waals surface area contributed by atoms with Gasteiger partial charge < -0.3 is 5.73 Å². The van der Waals surface area contributed by atoms with Crippen LogP contribution in [0.25, 0.3) is 10.4 Å². The van der Waals surface area contributed by atoms with E-state index in [4.69, 9.17) is 5.73 Å². The first kappa shape index (κ1) is 12.0. The topological polar surface area (TPSA) is 38.9 Å². The van der Waals surface area contributed by atoms with Crippen LogP contribution in [0.15, 0.2) is 24.4 Å². The van der Waals surface area contributed by atoms with Crippen molar-refractivity contribution in [1.82, 2.24) is 4.98 Å². The van der Waals surface area contributed by atoms with Crippen molar-refractivity contribution in [3.63, 3.8) is 0 Å². The van der Waals surface area contributed by atoms with Gasteiger partial charge in [-0.15, -0.1) is 11.3 Å². The van der Waals surface area contributed by atoms with Crippen LogP contribution in [-0.2, 0) is 6.42 Å². The standard InChI is InChI=1S/C13H15FN2S/c1-8(2)5-13-16-7-12(17-13)9-3-4-11(15)10(14)6-9/h3-4,6-8H,5,15H2,1-2H3. The Kier molecular flexibility index (Phi) is 3.43. The van der Waals surface area contributed by atoms with Gasteiger partial charge in [-0.25, -0.2) is 9.37 Å². The van der Waals surface area contributed by atoms with Crippen LogP contribution in [0.3, 0.4) is 0 Å². The molecule has 0 saturated heterocycles. The van der Waals surface area contributed by atoms with Crippen molar-refractivity contribution in [2.24, 2.45) is 5.92 Å². The molecular formula is C13H15FN2S.